The van der Waals surface area contributed by atoms with Crippen LogP contribution in [0.2, 0.25) is 0 Å². The first-order valence-corrected chi connectivity index (χ1v) is 9.75. The van der Waals surface area contributed by atoms with Crippen LogP contribution >= 0.6 is 0 Å². The summed E-state index contributed by atoms with van der Waals surface area (Å²) in [5.74, 6) is -0.00575. The van der Waals surface area contributed by atoms with Crippen molar-refractivity contribution in [3.05, 3.63) is 10.5 Å². The fourth-order valence-corrected chi connectivity index (χ4v) is 3.54. The van der Waals surface area contributed by atoms with Crippen molar-refractivity contribution in [2.45, 2.75) is 51.6 Å². The highest BCUT2D eigenvalue weighted by molar-refractivity contribution is 5.81. The molecule has 0 radical (unpaired) electrons. The molecule has 0 aliphatic carbocycles. The molecule has 1 aliphatic heterocycles. The Labute approximate surface area is 163 Å². The Bertz CT molecular complexity index is 877. The van der Waals surface area contributed by atoms with Gasteiger partial charge in [-0.15, -0.1) is 0 Å². The maximum Gasteiger partial charge on any atom is 0.327 e. The fraction of sp³-hybridized carbons (Fsp3) is 0.667. The van der Waals surface area contributed by atoms with Crippen LogP contribution < -0.4 is 16.2 Å². The summed E-state index contributed by atoms with van der Waals surface area (Å²) in [5, 5.41) is 0. The number of fused-ring (bicyclic) bond motifs is 1. The summed E-state index contributed by atoms with van der Waals surface area (Å²) in [7, 11) is 1.41. The second kappa shape index (κ2) is 9.05. The standard InChI is InChI=1S/C18H28N6O4/c1-3-4-11-28-17-21-14(19)13-15(22-17)24(18(26)20-13)10-6-9-23-8-5-7-12(23)16(25)27-2/h12H,3-11H2,1-2H3,(H,20,26)(H2,19,21,22)/t12-/m0/s1. The third-order valence-corrected chi connectivity index (χ3v) is 5.02. The van der Waals surface area contributed by atoms with Gasteiger partial charge in [-0.2, -0.15) is 9.97 Å². The number of nitrogen functional groups attached to an aromatic ring is 1. The van der Waals surface area contributed by atoms with Crippen molar-refractivity contribution in [3.63, 3.8) is 0 Å². The largest absolute Gasteiger partial charge is 0.468 e. The first kappa shape index (κ1) is 20.1. The summed E-state index contributed by atoms with van der Waals surface area (Å²) < 4.78 is 12.0. The van der Waals surface area contributed by atoms with Crippen LogP contribution in [0.3, 0.4) is 0 Å². The molecule has 1 aliphatic rings. The summed E-state index contributed by atoms with van der Waals surface area (Å²) in [6, 6.07) is -0.0160. The molecule has 1 atom stereocenters. The molecule has 0 saturated carbocycles. The molecule has 2 aromatic heterocycles. The van der Waals surface area contributed by atoms with Crippen LogP contribution in [0.4, 0.5) is 5.82 Å². The zero-order chi connectivity index (χ0) is 20.1. The Morgan fingerprint density at radius 2 is 2.14 bits per heavy atom. The molecule has 28 heavy (non-hydrogen) atoms. The van der Waals surface area contributed by atoms with Gasteiger partial charge in [0.25, 0.3) is 0 Å². The van der Waals surface area contributed by atoms with Gasteiger partial charge in [0.05, 0.1) is 13.7 Å². The van der Waals surface area contributed by atoms with Gasteiger partial charge in [0.2, 0.25) is 0 Å². The van der Waals surface area contributed by atoms with Crippen LogP contribution in [-0.2, 0) is 16.1 Å². The number of unbranched alkanes of at least 4 members (excludes halogenated alkanes) is 1. The Morgan fingerprint density at radius 1 is 1.32 bits per heavy atom. The van der Waals surface area contributed by atoms with Gasteiger partial charge in [0.15, 0.2) is 11.5 Å². The molecule has 154 valence electrons. The lowest BCUT2D eigenvalue weighted by Crippen LogP contribution is -2.37. The van der Waals surface area contributed by atoms with Gasteiger partial charge in [0.1, 0.15) is 11.6 Å². The van der Waals surface area contributed by atoms with E-state index in [1.54, 1.807) is 4.57 Å². The number of imidazole rings is 1. The van der Waals surface area contributed by atoms with Crippen LogP contribution in [0, 0.1) is 0 Å². The number of aromatic amines is 1. The fourth-order valence-electron chi connectivity index (χ4n) is 3.54. The summed E-state index contributed by atoms with van der Waals surface area (Å²) in [5.41, 5.74) is 6.54. The van der Waals surface area contributed by atoms with Gasteiger partial charge in [-0.3, -0.25) is 14.3 Å². The predicted octanol–water partition coefficient (Wildman–Crippen LogP) is 0.908. The van der Waals surface area contributed by atoms with E-state index in [4.69, 9.17) is 15.2 Å². The Morgan fingerprint density at radius 3 is 2.89 bits per heavy atom. The highest BCUT2D eigenvalue weighted by Gasteiger charge is 2.30. The van der Waals surface area contributed by atoms with Gasteiger partial charge in [-0.25, -0.2) is 4.79 Å². The number of nitrogens with one attached hydrogen (secondary N) is 1. The summed E-state index contributed by atoms with van der Waals surface area (Å²) in [4.78, 5) is 37.5. The first-order chi connectivity index (χ1) is 13.5. The molecule has 0 amide bonds. The highest BCUT2D eigenvalue weighted by atomic mass is 16.5. The van der Waals surface area contributed by atoms with E-state index < -0.39 is 0 Å². The van der Waals surface area contributed by atoms with E-state index in [0.29, 0.717) is 37.3 Å². The number of esters is 1. The van der Waals surface area contributed by atoms with Crippen molar-refractivity contribution in [3.8, 4) is 6.01 Å². The number of ether oxygens (including phenoxy) is 2. The first-order valence-electron chi connectivity index (χ1n) is 9.75. The van der Waals surface area contributed by atoms with Crippen molar-refractivity contribution >= 4 is 23.0 Å². The second-order valence-corrected chi connectivity index (χ2v) is 6.94. The number of H-pyrrole nitrogens is 1. The van der Waals surface area contributed by atoms with E-state index in [9.17, 15) is 9.59 Å². The zero-order valence-electron chi connectivity index (χ0n) is 16.4. The number of carbonyl (C=O) groups is 1. The molecular weight excluding hydrogens is 364 g/mol. The van der Waals surface area contributed by atoms with Crippen LogP contribution in [0.5, 0.6) is 6.01 Å². The molecule has 0 unspecified atom stereocenters. The number of carbonyl (C=O) groups excluding carboxylic acids is 1. The van der Waals surface area contributed by atoms with Crippen molar-refractivity contribution in [2.24, 2.45) is 0 Å². The molecule has 1 saturated heterocycles. The van der Waals surface area contributed by atoms with E-state index in [-0.39, 0.29) is 29.5 Å². The maximum atomic E-state index is 12.4. The molecular formula is C18H28N6O4. The van der Waals surface area contributed by atoms with E-state index in [2.05, 4.69) is 26.8 Å². The number of aromatic nitrogens is 4. The smallest absolute Gasteiger partial charge is 0.327 e. The van der Waals surface area contributed by atoms with Crippen LogP contribution in [0.1, 0.15) is 39.0 Å². The lowest BCUT2D eigenvalue weighted by molar-refractivity contribution is -0.145. The summed E-state index contributed by atoms with van der Waals surface area (Å²) >= 11 is 0. The minimum Gasteiger partial charge on any atom is -0.468 e. The Hall–Kier alpha value is -2.62. The molecule has 2 aromatic rings. The number of anilines is 1. The van der Waals surface area contributed by atoms with Crippen LogP contribution in [0.25, 0.3) is 11.2 Å². The molecule has 1 fully saturated rings. The summed E-state index contributed by atoms with van der Waals surface area (Å²) in [6.07, 6.45) is 4.35. The van der Waals surface area contributed by atoms with Gasteiger partial charge < -0.3 is 20.2 Å². The minimum absolute atomic E-state index is 0.177. The van der Waals surface area contributed by atoms with Gasteiger partial charge in [-0.1, -0.05) is 13.3 Å². The number of rotatable bonds is 9. The number of hydrogen-bond donors (Lipinski definition) is 2. The average Bonchev–Trinajstić information content (AvgIpc) is 3.27. The number of hydrogen-bond acceptors (Lipinski definition) is 8. The van der Waals surface area contributed by atoms with E-state index >= 15 is 0 Å². The summed E-state index contributed by atoms with van der Waals surface area (Å²) in [6.45, 7) is 4.57. The number of aryl methyl sites for hydroxylation is 1. The highest BCUT2D eigenvalue weighted by Crippen LogP contribution is 2.20. The number of nitrogens with two attached hydrogens (primary N) is 1. The van der Waals surface area contributed by atoms with Crippen molar-refractivity contribution in [2.75, 3.05) is 32.5 Å². The van der Waals surface area contributed by atoms with Crippen molar-refractivity contribution < 1.29 is 14.3 Å². The molecule has 10 heteroatoms. The van der Waals surface area contributed by atoms with Gasteiger partial charge >= 0.3 is 17.7 Å². The third kappa shape index (κ3) is 4.27. The number of nitrogens with zero attached hydrogens (tertiary/aromatic N) is 4. The Kier molecular flexibility index (Phi) is 6.50. The maximum absolute atomic E-state index is 12.4. The van der Waals surface area contributed by atoms with Crippen molar-refractivity contribution in [1.82, 2.24) is 24.4 Å². The number of methoxy groups -OCH3 is 1. The molecule has 3 N–H and O–H groups in total. The quantitative estimate of drug-likeness (QED) is 0.476. The normalized spacial score (nSPS) is 17.3. The molecule has 0 aromatic carbocycles. The van der Waals surface area contributed by atoms with E-state index in [1.807, 2.05) is 0 Å². The molecule has 0 bridgehead atoms. The monoisotopic (exact) mass is 392 g/mol. The van der Waals surface area contributed by atoms with Crippen LogP contribution in [0.15, 0.2) is 4.79 Å². The Balaban J connectivity index is 1.71. The SMILES string of the molecule is CCCCOc1nc(N)c2[nH]c(=O)n(CCCN3CCC[C@H]3C(=O)OC)c2n1. The second-order valence-electron chi connectivity index (χ2n) is 6.94. The minimum atomic E-state index is -0.285. The van der Waals surface area contributed by atoms with Crippen molar-refractivity contribution in [1.29, 1.82) is 0 Å². The molecule has 0 spiro atoms. The average molecular weight is 392 g/mol. The predicted molar refractivity (Wildman–Crippen MR) is 104 cm³/mol. The van der Waals surface area contributed by atoms with E-state index in [0.717, 1.165) is 32.2 Å². The topological polar surface area (TPSA) is 128 Å². The van der Waals surface area contributed by atoms with E-state index in [1.165, 1.54) is 7.11 Å². The molecule has 10 nitrogen and oxygen atoms in total. The zero-order valence-corrected chi connectivity index (χ0v) is 16.4. The third-order valence-electron chi connectivity index (χ3n) is 5.02. The van der Waals surface area contributed by atoms with Crippen LogP contribution in [-0.4, -0.2) is 63.2 Å². The molecule has 3 rings (SSSR count). The van der Waals surface area contributed by atoms with Gasteiger partial charge in [-0.05, 0) is 32.2 Å². The number of likely N-dealkylation sites (tertiary alicyclic amines) is 1. The lowest BCUT2D eigenvalue weighted by atomic mass is 10.2. The lowest BCUT2D eigenvalue weighted by Gasteiger charge is -2.22. The van der Waals surface area contributed by atoms with Gasteiger partial charge in [0, 0.05) is 13.1 Å². The molecule has 3 heterocycles.